The van der Waals surface area contributed by atoms with Crippen LogP contribution in [0.4, 0.5) is 22.7 Å². The van der Waals surface area contributed by atoms with E-state index < -0.39 is 26.9 Å². The quantitative estimate of drug-likeness (QED) is 0.0532. The molecule has 12 nitrogen and oxygen atoms in total. The monoisotopic (exact) mass is 673 g/mol. The Morgan fingerprint density at radius 1 is 0.633 bits per heavy atom. The lowest BCUT2D eigenvalue weighted by molar-refractivity contribution is -0.385. The average Bonchev–Trinajstić information content (AvgIpc) is 3.12. The number of anilines is 2. The Balaban J connectivity index is 1.32. The number of nitrogens with zero attached hydrogens (tertiary/aromatic N) is 2. The molecule has 0 bridgehead atoms. The van der Waals surface area contributed by atoms with E-state index in [4.69, 9.17) is 0 Å². The Morgan fingerprint density at radius 3 is 1.71 bits per heavy atom. The van der Waals surface area contributed by atoms with Crippen LogP contribution in [0, 0.1) is 20.2 Å². The Labute approximate surface area is 284 Å². The van der Waals surface area contributed by atoms with E-state index in [1.165, 1.54) is 66.4 Å². The maximum atomic E-state index is 13.4. The topological polar surface area (TPSA) is 174 Å². The number of non-ortho nitro benzene ring substituents is 2. The number of carbonyl (C=O) groups excluding carboxylic acids is 3. The molecule has 1 atom stereocenters. The number of thioether (sulfide) groups is 1. The van der Waals surface area contributed by atoms with Crippen molar-refractivity contribution in [2.75, 3.05) is 10.6 Å². The second kappa shape index (κ2) is 15.8. The molecule has 5 aromatic rings. The molecular formula is C36H27N5O7S. The van der Waals surface area contributed by atoms with Crippen LogP contribution in [0.3, 0.4) is 0 Å². The third-order valence-electron chi connectivity index (χ3n) is 7.00. The summed E-state index contributed by atoms with van der Waals surface area (Å²) in [6.07, 6.45) is 1.41. The number of rotatable bonds is 12. The number of nitrogens with one attached hydrogen (secondary N) is 3. The number of benzene rings is 5. The van der Waals surface area contributed by atoms with E-state index in [1.807, 2.05) is 30.3 Å². The van der Waals surface area contributed by atoms with Crippen LogP contribution < -0.4 is 16.0 Å². The second-order valence-electron chi connectivity index (χ2n) is 10.4. The van der Waals surface area contributed by atoms with Crippen LogP contribution in [-0.2, 0) is 9.59 Å². The predicted octanol–water partition coefficient (Wildman–Crippen LogP) is 7.38. The first-order valence-corrected chi connectivity index (χ1v) is 15.5. The molecule has 5 aromatic carbocycles. The van der Waals surface area contributed by atoms with Gasteiger partial charge in [-0.2, -0.15) is 0 Å². The van der Waals surface area contributed by atoms with Gasteiger partial charge >= 0.3 is 0 Å². The Hall–Kier alpha value is -6.60. The first-order chi connectivity index (χ1) is 23.7. The molecule has 0 spiro atoms. The van der Waals surface area contributed by atoms with E-state index in [0.717, 1.165) is 5.56 Å². The van der Waals surface area contributed by atoms with E-state index in [-0.39, 0.29) is 23.0 Å². The lowest BCUT2D eigenvalue weighted by Gasteiger charge is -2.17. The molecule has 0 saturated carbocycles. The van der Waals surface area contributed by atoms with Gasteiger partial charge in [0, 0.05) is 46.1 Å². The molecule has 0 aliphatic rings. The van der Waals surface area contributed by atoms with Crippen molar-refractivity contribution in [1.29, 1.82) is 0 Å². The molecule has 0 fully saturated rings. The summed E-state index contributed by atoms with van der Waals surface area (Å²) in [5.41, 5.74) is 2.04. The first kappa shape index (κ1) is 33.8. The van der Waals surface area contributed by atoms with Crippen molar-refractivity contribution in [2.24, 2.45) is 0 Å². The van der Waals surface area contributed by atoms with Crippen molar-refractivity contribution in [1.82, 2.24) is 5.32 Å². The summed E-state index contributed by atoms with van der Waals surface area (Å²) in [7, 11) is 0. The number of nitro benzene ring substituents is 2. The summed E-state index contributed by atoms with van der Waals surface area (Å²) in [5.74, 6) is -1.49. The SMILES string of the molecule is O=C(Nc1ccc(SC(C(=O)Nc2ccc([N+](=O)[O-])cc2)c2ccccc2)cc1)/C(=C/c1ccc([N+](=O)[O-])cc1)NC(=O)c1ccccc1. The van der Waals surface area contributed by atoms with E-state index in [1.54, 1.807) is 54.6 Å². The van der Waals surface area contributed by atoms with Crippen LogP contribution in [-0.4, -0.2) is 27.6 Å². The first-order valence-electron chi connectivity index (χ1n) is 14.7. The zero-order valence-electron chi connectivity index (χ0n) is 25.5. The van der Waals surface area contributed by atoms with E-state index >= 15 is 0 Å². The highest BCUT2D eigenvalue weighted by Crippen LogP contribution is 2.37. The number of hydrogen-bond acceptors (Lipinski definition) is 8. The predicted molar refractivity (Wildman–Crippen MR) is 187 cm³/mol. The van der Waals surface area contributed by atoms with Gasteiger partial charge in [0.1, 0.15) is 10.9 Å². The van der Waals surface area contributed by atoms with Gasteiger partial charge in [-0.05, 0) is 77.9 Å². The van der Waals surface area contributed by atoms with Crippen molar-refractivity contribution in [3.05, 3.63) is 176 Å². The maximum absolute atomic E-state index is 13.4. The van der Waals surface area contributed by atoms with Crippen molar-refractivity contribution in [2.45, 2.75) is 10.1 Å². The lowest BCUT2D eigenvalue weighted by atomic mass is 10.1. The fourth-order valence-electron chi connectivity index (χ4n) is 4.53. The van der Waals surface area contributed by atoms with Crippen molar-refractivity contribution < 1.29 is 24.2 Å². The fraction of sp³-hybridized carbons (Fsp3) is 0.0278. The third kappa shape index (κ3) is 9.24. The minimum Gasteiger partial charge on any atom is -0.325 e. The Kier molecular flexibility index (Phi) is 10.9. The number of carbonyl (C=O) groups is 3. The molecule has 13 heteroatoms. The van der Waals surface area contributed by atoms with Crippen LogP contribution in [0.1, 0.15) is 26.7 Å². The molecule has 244 valence electrons. The minimum atomic E-state index is -0.679. The third-order valence-corrected chi connectivity index (χ3v) is 8.26. The molecule has 3 N–H and O–H groups in total. The fourth-order valence-corrected chi connectivity index (χ4v) is 5.55. The van der Waals surface area contributed by atoms with E-state index in [0.29, 0.717) is 27.4 Å². The minimum absolute atomic E-state index is 0.0896. The van der Waals surface area contributed by atoms with Crippen molar-refractivity contribution in [3.63, 3.8) is 0 Å². The van der Waals surface area contributed by atoms with Crippen molar-refractivity contribution >= 4 is 58.3 Å². The molecule has 0 saturated heterocycles. The Bertz CT molecular complexity index is 2000. The van der Waals surface area contributed by atoms with Gasteiger partial charge in [-0.3, -0.25) is 34.6 Å². The molecule has 5 rings (SSSR count). The van der Waals surface area contributed by atoms with Crippen LogP contribution >= 0.6 is 11.8 Å². The highest BCUT2D eigenvalue weighted by atomic mass is 32.2. The zero-order chi connectivity index (χ0) is 34.8. The number of nitro groups is 2. The normalized spacial score (nSPS) is 11.6. The van der Waals surface area contributed by atoms with Gasteiger partial charge < -0.3 is 16.0 Å². The van der Waals surface area contributed by atoms with Gasteiger partial charge in [-0.25, -0.2) is 0 Å². The van der Waals surface area contributed by atoms with Gasteiger partial charge in [0.2, 0.25) is 5.91 Å². The molecule has 3 amide bonds. The zero-order valence-corrected chi connectivity index (χ0v) is 26.3. The molecule has 0 aliphatic heterocycles. The maximum Gasteiger partial charge on any atom is 0.272 e. The van der Waals surface area contributed by atoms with Crippen LogP contribution in [0.25, 0.3) is 6.08 Å². The van der Waals surface area contributed by atoms with Gasteiger partial charge in [-0.15, -0.1) is 11.8 Å². The van der Waals surface area contributed by atoms with Gasteiger partial charge in [0.15, 0.2) is 0 Å². The average molecular weight is 674 g/mol. The second-order valence-corrected chi connectivity index (χ2v) is 11.6. The molecule has 0 aliphatic carbocycles. The molecule has 0 radical (unpaired) electrons. The van der Waals surface area contributed by atoms with Gasteiger partial charge in [-0.1, -0.05) is 48.5 Å². The molecule has 1 unspecified atom stereocenters. The number of amides is 3. The largest absolute Gasteiger partial charge is 0.325 e. The van der Waals surface area contributed by atoms with E-state index in [2.05, 4.69) is 16.0 Å². The van der Waals surface area contributed by atoms with Gasteiger partial charge in [0.05, 0.1) is 9.85 Å². The summed E-state index contributed by atoms with van der Waals surface area (Å²) in [6.45, 7) is 0. The standard InChI is InChI=1S/C36H27N5O7S/c42-34(26-9-5-2-6-10-26)39-32(23-24-11-17-29(18-12-24)40(45)46)35(43)37-28-15-21-31(22-16-28)49-33(25-7-3-1-4-8-25)36(44)38-27-13-19-30(20-14-27)41(47)48/h1-23,33H,(H,37,43)(H,38,44)(H,39,42)/b32-23-. The molecule has 0 aromatic heterocycles. The highest BCUT2D eigenvalue weighted by Gasteiger charge is 2.23. The Morgan fingerprint density at radius 2 is 1.14 bits per heavy atom. The van der Waals surface area contributed by atoms with Crippen LogP contribution in [0.5, 0.6) is 0 Å². The molecule has 0 heterocycles. The highest BCUT2D eigenvalue weighted by molar-refractivity contribution is 8.00. The van der Waals surface area contributed by atoms with Crippen LogP contribution in [0.2, 0.25) is 0 Å². The summed E-state index contributed by atoms with van der Waals surface area (Å²) < 4.78 is 0. The van der Waals surface area contributed by atoms with Crippen LogP contribution in [0.15, 0.2) is 144 Å². The molecule has 49 heavy (non-hydrogen) atoms. The number of hydrogen-bond donors (Lipinski definition) is 3. The van der Waals surface area contributed by atoms with E-state index in [9.17, 15) is 34.6 Å². The summed E-state index contributed by atoms with van der Waals surface area (Å²) in [5, 5.41) is 29.6. The van der Waals surface area contributed by atoms with Crippen molar-refractivity contribution in [3.8, 4) is 0 Å². The molecular weight excluding hydrogens is 646 g/mol. The lowest BCUT2D eigenvalue weighted by Crippen LogP contribution is -2.30. The van der Waals surface area contributed by atoms with Gasteiger partial charge in [0.25, 0.3) is 23.2 Å². The summed E-state index contributed by atoms with van der Waals surface area (Å²) >= 11 is 1.27. The smallest absolute Gasteiger partial charge is 0.272 e. The summed E-state index contributed by atoms with van der Waals surface area (Å²) in [4.78, 5) is 61.5. The summed E-state index contributed by atoms with van der Waals surface area (Å²) in [6, 6.07) is 35.3.